The van der Waals surface area contributed by atoms with Gasteiger partial charge in [-0.1, -0.05) is 0 Å². The van der Waals surface area contributed by atoms with Crippen LogP contribution in [0, 0.1) is 12.7 Å². The average molecular weight is 430 g/mol. The second-order valence-electron chi connectivity index (χ2n) is 7.40. The maximum Gasteiger partial charge on any atom is 0.266 e. The first kappa shape index (κ1) is 20.9. The summed E-state index contributed by atoms with van der Waals surface area (Å²) >= 11 is 0. The molecule has 3 aromatic rings. The van der Waals surface area contributed by atoms with Crippen molar-refractivity contribution in [2.24, 2.45) is 7.05 Å². The number of carbonyl (C=O) groups is 1. The molecule has 0 radical (unpaired) electrons. The highest BCUT2D eigenvalue weighted by atomic mass is 19.3. The van der Waals surface area contributed by atoms with Crippen LogP contribution in [0.5, 0.6) is 5.88 Å². The zero-order valence-electron chi connectivity index (χ0n) is 17.3. The molecular weight excluding hydrogens is 409 g/mol. The molecule has 6 nitrogen and oxygen atoms in total. The summed E-state index contributed by atoms with van der Waals surface area (Å²) in [7, 11) is 3.21. The Hall–Kier alpha value is -3.36. The lowest BCUT2D eigenvalue weighted by Gasteiger charge is -2.27. The van der Waals surface area contributed by atoms with E-state index in [9.17, 15) is 18.0 Å². The van der Waals surface area contributed by atoms with Gasteiger partial charge in [-0.25, -0.2) is 18.2 Å². The quantitative estimate of drug-likeness (QED) is 0.626. The van der Waals surface area contributed by atoms with Gasteiger partial charge < -0.3 is 9.64 Å². The summed E-state index contributed by atoms with van der Waals surface area (Å²) < 4.78 is 46.8. The Kier molecular flexibility index (Phi) is 5.43. The first-order valence-corrected chi connectivity index (χ1v) is 9.73. The number of benzene rings is 1. The number of alkyl halides is 2. The number of aromatic nitrogens is 3. The number of hydrogen-bond acceptors (Lipinski definition) is 4. The third-order valence-corrected chi connectivity index (χ3v) is 5.57. The van der Waals surface area contributed by atoms with Gasteiger partial charge in [0, 0.05) is 42.0 Å². The molecule has 0 spiro atoms. The summed E-state index contributed by atoms with van der Waals surface area (Å²) in [6.07, 6.45) is -0.868. The summed E-state index contributed by atoms with van der Waals surface area (Å²) in [6, 6.07) is 5.35. The minimum absolute atomic E-state index is 0.155. The van der Waals surface area contributed by atoms with E-state index < -0.39 is 17.8 Å². The number of fused-ring (bicyclic) bond motifs is 1. The lowest BCUT2D eigenvalue weighted by molar-refractivity contribution is 0.0731. The van der Waals surface area contributed by atoms with E-state index in [0.717, 1.165) is 11.6 Å². The number of rotatable bonds is 4. The number of pyridine rings is 1. The highest BCUT2D eigenvalue weighted by Gasteiger charge is 2.29. The van der Waals surface area contributed by atoms with Crippen LogP contribution in [0.1, 0.15) is 39.2 Å². The molecule has 1 amide bonds. The number of ether oxygens (including phenoxy) is 1. The molecule has 2 aromatic heterocycles. The van der Waals surface area contributed by atoms with E-state index in [-0.39, 0.29) is 12.5 Å². The van der Waals surface area contributed by atoms with Crippen LogP contribution in [0.2, 0.25) is 0 Å². The fourth-order valence-electron chi connectivity index (χ4n) is 4.04. The molecular formula is C22H21F3N4O2. The summed E-state index contributed by atoms with van der Waals surface area (Å²) in [6.45, 7) is 2.51. The van der Waals surface area contributed by atoms with Crippen LogP contribution in [-0.2, 0) is 20.0 Å². The Balaban J connectivity index is 1.66. The average Bonchev–Trinajstić information content (AvgIpc) is 3.08. The number of hydrogen-bond donors (Lipinski definition) is 0. The van der Waals surface area contributed by atoms with Crippen molar-refractivity contribution >= 4 is 5.91 Å². The molecule has 0 saturated heterocycles. The lowest BCUT2D eigenvalue weighted by Crippen LogP contribution is -2.36. The Bertz CT molecular complexity index is 1160. The largest absolute Gasteiger partial charge is 0.481 e. The smallest absolute Gasteiger partial charge is 0.266 e. The minimum atomic E-state index is -2.90. The van der Waals surface area contributed by atoms with Crippen molar-refractivity contribution in [1.29, 1.82) is 0 Å². The van der Waals surface area contributed by atoms with E-state index in [2.05, 4.69) is 10.1 Å². The van der Waals surface area contributed by atoms with Crippen molar-refractivity contribution in [3.05, 3.63) is 64.2 Å². The predicted octanol–water partition coefficient (Wildman–Crippen LogP) is 4.07. The maximum atomic E-state index is 13.7. The molecule has 1 aliphatic heterocycles. The molecule has 0 aliphatic carbocycles. The Labute approximate surface area is 177 Å². The molecule has 0 fully saturated rings. The van der Waals surface area contributed by atoms with Gasteiger partial charge in [-0.05, 0) is 37.6 Å². The summed E-state index contributed by atoms with van der Waals surface area (Å²) in [5.74, 6) is -0.692. The van der Waals surface area contributed by atoms with Crippen molar-refractivity contribution in [3.63, 3.8) is 0 Å². The van der Waals surface area contributed by atoms with Crippen LogP contribution in [0.15, 0.2) is 30.5 Å². The molecule has 0 N–H and O–H groups in total. The van der Waals surface area contributed by atoms with Crippen molar-refractivity contribution < 1.29 is 22.7 Å². The molecule has 162 valence electrons. The fourth-order valence-corrected chi connectivity index (χ4v) is 4.04. The second kappa shape index (κ2) is 8.05. The van der Waals surface area contributed by atoms with Gasteiger partial charge in [0.05, 0.1) is 30.6 Å². The van der Waals surface area contributed by atoms with Gasteiger partial charge in [0.2, 0.25) is 5.88 Å². The molecule has 0 bridgehead atoms. The van der Waals surface area contributed by atoms with Gasteiger partial charge in [-0.2, -0.15) is 5.10 Å². The molecule has 1 aliphatic rings. The molecule has 0 saturated carbocycles. The highest BCUT2D eigenvalue weighted by molar-refractivity contribution is 5.96. The molecule has 1 aromatic carbocycles. The topological polar surface area (TPSA) is 60.2 Å². The van der Waals surface area contributed by atoms with Gasteiger partial charge >= 0.3 is 0 Å². The van der Waals surface area contributed by atoms with Crippen LogP contribution >= 0.6 is 0 Å². The first-order valence-electron chi connectivity index (χ1n) is 9.73. The van der Waals surface area contributed by atoms with Crippen molar-refractivity contribution in [3.8, 4) is 17.1 Å². The second-order valence-corrected chi connectivity index (χ2v) is 7.40. The van der Waals surface area contributed by atoms with E-state index in [4.69, 9.17) is 4.74 Å². The lowest BCUT2D eigenvalue weighted by atomic mass is 9.98. The number of amides is 1. The third-order valence-electron chi connectivity index (χ3n) is 5.57. The summed E-state index contributed by atoms with van der Waals surface area (Å²) in [5.41, 5.74) is 3.23. The van der Waals surface area contributed by atoms with E-state index in [1.807, 2.05) is 0 Å². The van der Waals surface area contributed by atoms with Gasteiger partial charge in [0.1, 0.15) is 5.82 Å². The van der Waals surface area contributed by atoms with Crippen LogP contribution in [-0.4, -0.2) is 39.2 Å². The number of aryl methyl sites for hydroxylation is 1. The van der Waals surface area contributed by atoms with Crippen molar-refractivity contribution in [2.75, 3.05) is 13.7 Å². The Morgan fingerprint density at radius 1 is 1.26 bits per heavy atom. The summed E-state index contributed by atoms with van der Waals surface area (Å²) in [4.78, 5) is 18.9. The van der Waals surface area contributed by atoms with Crippen LogP contribution in [0.4, 0.5) is 13.2 Å². The fraction of sp³-hybridized carbons (Fsp3) is 0.318. The summed E-state index contributed by atoms with van der Waals surface area (Å²) in [5, 5.41) is 4.51. The molecule has 9 heteroatoms. The van der Waals surface area contributed by atoms with Crippen LogP contribution in [0.25, 0.3) is 11.3 Å². The normalized spacial score (nSPS) is 13.5. The van der Waals surface area contributed by atoms with Crippen molar-refractivity contribution in [1.82, 2.24) is 19.7 Å². The van der Waals surface area contributed by atoms with E-state index >= 15 is 0 Å². The van der Waals surface area contributed by atoms with Crippen LogP contribution in [0.3, 0.4) is 0 Å². The molecule has 3 heterocycles. The third kappa shape index (κ3) is 3.64. The Morgan fingerprint density at radius 3 is 2.74 bits per heavy atom. The van der Waals surface area contributed by atoms with Gasteiger partial charge in [0.25, 0.3) is 12.3 Å². The zero-order chi connectivity index (χ0) is 22.3. The number of methoxy groups -OCH3 is 1. The zero-order valence-corrected chi connectivity index (χ0v) is 17.3. The number of carbonyl (C=O) groups excluding carboxylic acids is 1. The molecule has 0 unspecified atom stereocenters. The monoisotopic (exact) mass is 430 g/mol. The highest BCUT2D eigenvalue weighted by Crippen LogP contribution is 2.33. The van der Waals surface area contributed by atoms with Gasteiger partial charge in [-0.3, -0.25) is 9.48 Å². The van der Waals surface area contributed by atoms with E-state index in [1.54, 1.807) is 29.6 Å². The van der Waals surface area contributed by atoms with Gasteiger partial charge in [0.15, 0.2) is 0 Å². The van der Waals surface area contributed by atoms with E-state index in [1.165, 1.54) is 25.4 Å². The van der Waals surface area contributed by atoms with Crippen LogP contribution < -0.4 is 4.74 Å². The Morgan fingerprint density at radius 2 is 2.03 bits per heavy atom. The standard InChI is InChI=1S/C22H21F3N4O2/c1-12-14(6-8-26-21(12)31-3)22(30)29-9-7-15-18(11-29)27-28(2)19(15)13-4-5-17(23)16(10-13)20(24)25/h4-6,8,10,20H,7,9,11H2,1-3H3. The predicted molar refractivity (Wildman–Crippen MR) is 108 cm³/mol. The van der Waals surface area contributed by atoms with Gasteiger partial charge in [-0.15, -0.1) is 0 Å². The van der Waals surface area contributed by atoms with E-state index in [0.29, 0.717) is 46.9 Å². The molecule has 31 heavy (non-hydrogen) atoms. The minimum Gasteiger partial charge on any atom is -0.481 e. The SMILES string of the molecule is COc1nccc(C(=O)N2CCc3c(nn(C)c3-c3ccc(F)c(C(F)F)c3)C2)c1C. The first-order chi connectivity index (χ1) is 14.8. The number of nitrogens with zero attached hydrogens (tertiary/aromatic N) is 4. The molecule has 4 rings (SSSR count). The molecule has 0 atom stereocenters. The van der Waals surface area contributed by atoms with Crippen molar-refractivity contribution in [2.45, 2.75) is 26.3 Å². The maximum absolute atomic E-state index is 13.7. The number of halogens is 3.